The summed E-state index contributed by atoms with van der Waals surface area (Å²) in [6.45, 7) is 6.36. The number of hydrogen-bond donors (Lipinski definition) is 1. The van der Waals surface area contributed by atoms with Gasteiger partial charge in [-0.25, -0.2) is 0 Å². The molecule has 1 rings (SSSR count). The first kappa shape index (κ1) is 11.7. The van der Waals surface area contributed by atoms with Crippen LogP contribution in [-0.2, 0) is 9.47 Å². The third-order valence-corrected chi connectivity index (χ3v) is 2.27. The average Bonchev–Trinajstić information content (AvgIpc) is 2.43. The number of hydrogen-bond acceptors (Lipinski definition) is 3. The third kappa shape index (κ3) is 3.78. The Kier molecular flexibility index (Phi) is 4.11. The van der Waals surface area contributed by atoms with Gasteiger partial charge in [0.05, 0.1) is 18.8 Å². The second kappa shape index (κ2) is 4.91. The van der Waals surface area contributed by atoms with E-state index in [0.29, 0.717) is 6.61 Å². The van der Waals surface area contributed by atoms with E-state index in [4.69, 9.17) is 9.47 Å². The number of ether oxygens (including phenoxy) is 2. The summed E-state index contributed by atoms with van der Waals surface area (Å²) in [5.41, 5.74) is 0. The fraction of sp³-hybridized carbons (Fsp3) is 0.818. The summed E-state index contributed by atoms with van der Waals surface area (Å²) >= 11 is 0. The Bertz CT molecular complexity index is 199. The van der Waals surface area contributed by atoms with Crippen molar-refractivity contribution >= 4 is 0 Å². The fourth-order valence-corrected chi connectivity index (χ4v) is 1.58. The van der Waals surface area contributed by atoms with E-state index in [1.54, 1.807) is 6.08 Å². The van der Waals surface area contributed by atoms with Gasteiger partial charge in [0.25, 0.3) is 0 Å². The van der Waals surface area contributed by atoms with E-state index in [1.807, 2.05) is 26.8 Å². The highest BCUT2D eigenvalue weighted by molar-refractivity contribution is 4.86. The Morgan fingerprint density at radius 3 is 2.79 bits per heavy atom. The van der Waals surface area contributed by atoms with E-state index in [-0.39, 0.29) is 12.2 Å². The number of rotatable bonds is 4. The molecular formula is C11H20O3. The summed E-state index contributed by atoms with van der Waals surface area (Å²) in [5, 5.41) is 9.46. The summed E-state index contributed by atoms with van der Waals surface area (Å²) in [4.78, 5) is 0. The number of allylic oxidation sites excluding steroid dienone is 1. The molecular weight excluding hydrogens is 180 g/mol. The summed E-state index contributed by atoms with van der Waals surface area (Å²) in [5.74, 6) is -0.448. The maximum absolute atomic E-state index is 9.46. The quantitative estimate of drug-likeness (QED) is 0.704. The molecule has 3 heteroatoms. The van der Waals surface area contributed by atoms with Crippen LogP contribution in [0.15, 0.2) is 12.2 Å². The SMILES string of the molecule is C/C=C/[C@@H](O)CC[C@H]1COC(C)(C)O1. The van der Waals surface area contributed by atoms with Crippen LogP contribution in [0.1, 0.15) is 33.6 Å². The highest BCUT2D eigenvalue weighted by Gasteiger charge is 2.32. The average molecular weight is 200 g/mol. The van der Waals surface area contributed by atoms with Crippen molar-refractivity contribution < 1.29 is 14.6 Å². The van der Waals surface area contributed by atoms with E-state index in [9.17, 15) is 5.11 Å². The van der Waals surface area contributed by atoms with Gasteiger partial charge in [-0.1, -0.05) is 12.2 Å². The largest absolute Gasteiger partial charge is 0.389 e. The van der Waals surface area contributed by atoms with Crippen LogP contribution in [0.3, 0.4) is 0 Å². The Labute approximate surface area is 85.7 Å². The first-order valence-corrected chi connectivity index (χ1v) is 5.16. The van der Waals surface area contributed by atoms with Gasteiger partial charge in [0.1, 0.15) is 0 Å². The van der Waals surface area contributed by atoms with E-state index in [1.165, 1.54) is 0 Å². The summed E-state index contributed by atoms with van der Waals surface area (Å²) in [7, 11) is 0. The molecule has 0 aromatic rings. The molecule has 0 spiro atoms. The van der Waals surface area contributed by atoms with Crippen LogP contribution >= 0.6 is 0 Å². The number of aliphatic hydroxyl groups excluding tert-OH is 1. The van der Waals surface area contributed by atoms with Crippen LogP contribution in [0.25, 0.3) is 0 Å². The van der Waals surface area contributed by atoms with E-state index < -0.39 is 5.79 Å². The van der Waals surface area contributed by atoms with E-state index in [0.717, 1.165) is 12.8 Å². The lowest BCUT2D eigenvalue weighted by Crippen LogP contribution is -2.22. The van der Waals surface area contributed by atoms with Gasteiger partial charge in [0.2, 0.25) is 0 Å². The molecule has 14 heavy (non-hydrogen) atoms. The molecule has 1 saturated heterocycles. The van der Waals surface area contributed by atoms with Crippen molar-refractivity contribution in [1.82, 2.24) is 0 Å². The normalized spacial score (nSPS) is 28.4. The Balaban J connectivity index is 2.20. The van der Waals surface area contributed by atoms with Gasteiger partial charge in [0.15, 0.2) is 5.79 Å². The Morgan fingerprint density at radius 2 is 2.29 bits per heavy atom. The van der Waals surface area contributed by atoms with E-state index in [2.05, 4.69) is 0 Å². The lowest BCUT2D eigenvalue weighted by Gasteiger charge is -2.17. The zero-order chi connectivity index (χ0) is 10.6. The van der Waals surface area contributed by atoms with Crippen LogP contribution < -0.4 is 0 Å². The molecule has 82 valence electrons. The standard InChI is InChI=1S/C11H20O3/c1-4-5-9(12)6-7-10-8-13-11(2,3)14-10/h4-5,9-10,12H,6-8H2,1-3H3/b5-4+/t9-,10+/m1/s1. The molecule has 0 aromatic heterocycles. The minimum absolute atomic E-state index is 0.130. The first-order valence-electron chi connectivity index (χ1n) is 5.16. The van der Waals surface area contributed by atoms with Crippen molar-refractivity contribution in [2.24, 2.45) is 0 Å². The van der Waals surface area contributed by atoms with Crippen molar-refractivity contribution in [2.75, 3.05) is 6.61 Å². The second-order valence-corrected chi connectivity index (χ2v) is 4.12. The lowest BCUT2D eigenvalue weighted by molar-refractivity contribution is -0.139. The van der Waals surface area contributed by atoms with Gasteiger partial charge in [-0.2, -0.15) is 0 Å². The predicted octanol–water partition coefficient (Wildman–Crippen LogP) is 1.86. The molecule has 1 fully saturated rings. The van der Waals surface area contributed by atoms with Gasteiger partial charge in [-0.3, -0.25) is 0 Å². The maximum Gasteiger partial charge on any atom is 0.163 e. The van der Waals surface area contributed by atoms with Crippen LogP contribution in [0, 0.1) is 0 Å². The molecule has 0 aliphatic carbocycles. The molecule has 0 radical (unpaired) electrons. The van der Waals surface area contributed by atoms with Gasteiger partial charge in [-0.05, 0) is 33.6 Å². The topological polar surface area (TPSA) is 38.7 Å². The summed E-state index contributed by atoms with van der Waals surface area (Å²) < 4.78 is 11.0. The maximum atomic E-state index is 9.46. The zero-order valence-corrected chi connectivity index (χ0v) is 9.19. The molecule has 1 heterocycles. The lowest BCUT2D eigenvalue weighted by atomic mass is 10.1. The molecule has 0 bridgehead atoms. The van der Waals surface area contributed by atoms with Crippen molar-refractivity contribution in [2.45, 2.75) is 51.6 Å². The van der Waals surface area contributed by atoms with Crippen molar-refractivity contribution in [3.05, 3.63) is 12.2 Å². The van der Waals surface area contributed by atoms with Crippen LogP contribution in [0.5, 0.6) is 0 Å². The monoisotopic (exact) mass is 200 g/mol. The molecule has 1 aliphatic rings. The second-order valence-electron chi connectivity index (χ2n) is 4.12. The van der Waals surface area contributed by atoms with Crippen LogP contribution in [0.2, 0.25) is 0 Å². The van der Waals surface area contributed by atoms with Crippen LogP contribution in [0.4, 0.5) is 0 Å². The van der Waals surface area contributed by atoms with Crippen molar-refractivity contribution in [3.8, 4) is 0 Å². The molecule has 2 atom stereocenters. The van der Waals surface area contributed by atoms with Crippen molar-refractivity contribution in [3.63, 3.8) is 0 Å². The molecule has 3 nitrogen and oxygen atoms in total. The summed E-state index contributed by atoms with van der Waals surface area (Å²) in [6.07, 6.45) is 5.00. The van der Waals surface area contributed by atoms with Gasteiger partial charge < -0.3 is 14.6 Å². The number of aliphatic hydroxyl groups is 1. The van der Waals surface area contributed by atoms with Gasteiger partial charge in [0, 0.05) is 0 Å². The Morgan fingerprint density at radius 1 is 1.57 bits per heavy atom. The highest BCUT2D eigenvalue weighted by Crippen LogP contribution is 2.25. The highest BCUT2D eigenvalue weighted by atomic mass is 16.7. The first-order chi connectivity index (χ1) is 6.53. The fourth-order valence-electron chi connectivity index (χ4n) is 1.58. The molecule has 0 amide bonds. The predicted molar refractivity (Wildman–Crippen MR) is 55.0 cm³/mol. The Hall–Kier alpha value is -0.380. The molecule has 0 aromatic carbocycles. The molecule has 1 aliphatic heterocycles. The van der Waals surface area contributed by atoms with Gasteiger partial charge in [-0.15, -0.1) is 0 Å². The van der Waals surface area contributed by atoms with Gasteiger partial charge >= 0.3 is 0 Å². The third-order valence-electron chi connectivity index (χ3n) is 2.27. The molecule has 0 unspecified atom stereocenters. The minimum atomic E-state index is -0.448. The minimum Gasteiger partial charge on any atom is -0.389 e. The van der Waals surface area contributed by atoms with Crippen molar-refractivity contribution in [1.29, 1.82) is 0 Å². The van der Waals surface area contributed by atoms with Crippen LogP contribution in [-0.4, -0.2) is 29.7 Å². The smallest absolute Gasteiger partial charge is 0.163 e. The zero-order valence-electron chi connectivity index (χ0n) is 9.19. The summed E-state index contributed by atoms with van der Waals surface area (Å²) in [6, 6.07) is 0. The molecule has 0 saturated carbocycles. The van der Waals surface area contributed by atoms with E-state index >= 15 is 0 Å². The molecule has 1 N–H and O–H groups in total.